The van der Waals surface area contributed by atoms with Crippen LogP contribution in [-0.4, -0.2) is 48.9 Å². The minimum Gasteiger partial charge on any atom is -0.497 e. The van der Waals surface area contributed by atoms with Crippen molar-refractivity contribution < 1.29 is 19.1 Å². The third-order valence-corrected chi connectivity index (χ3v) is 6.77. The summed E-state index contributed by atoms with van der Waals surface area (Å²) in [4.78, 5) is 27.1. The van der Waals surface area contributed by atoms with Gasteiger partial charge in [-0.05, 0) is 56.2 Å². The van der Waals surface area contributed by atoms with Crippen LogP contribution in [0.4, 0.5) is 11.5 Å². The minimum absolute atomic E-state index is 0.0157. The number of nitrogens with zero attached hydrogens (tertiary/aromatic N) is 3. The lowest BCUT2D eigenvalue weighted by Gasteiger charge is -2.33. The number of aryl methyl sites for hydroxylation is 1. The normalized spacial score (nSPS) is 13.8. The lowest BCUT2D eigenvalue weighted by molar-refractivity contribution is -0.125. The Kier molecular flexibility index (Phi) is 8.23. The molecule has 0 atom stereocenters. The van der Waals surface area contributed by atoms with E-state index in [0.717, 1.165) is 17.1 Å². The molecule has 1 aromatic heterocycles. The number of piperidine rings is 1. The van der Waals surface area contributed by atoms with Crippen molar-refractivity contribution in [1.29, 1.82) is 0 Å². The molecule has 1 fully saturated rings. The van der Waals surface area contributed by atoms with Crippen molar-refractivity contribution in [1.82, 2.24) is 15.1 Å². The zero-order valence-electron chi connectivity index (χ0n) is 21.5. The molecule has 9 nitrogen and oxygen atoms in total. The molecule has 1 aliphatic heterocycles. The number of methoxy groups -OCH3 is 2. The summed E-state index contributed by atoms with van der Waals surface area (Å²) in [5, 5.41) is 11.3. The zero-order chi connectivity index (χ0) is 26.5. The highest BCUT2D eigenvalue weighted by Gasteiger charge is 2.30. The van der Waals surface area contributed by atoms with Crippen LogP contribution < -0.4 is 25.0 Å². The van der Waals surface area contributed by atoms with Crippen LogP contribution in [0, 0.1) is 12.8 Å². The third kappa shape index (κ3) is 5.99. The lowest BCUT2D eigenvalue weighted by atomic mass is 9.95. The fraction of sp³-hybridized carbons (Fsp3) is 0.370. The largest absolute Gasteiger partial charge is 0.497 e. The van der Waals surface area contributed by atoms with Crippen LogP contribution in [0.1, 0.15) is 31.0 Å². The molecule has 196 valence electrons. The average Bonchev–Trinajstić information content (AvgIpc) is 3.22. The van der Waals surface area contributed by atoms with E-state index < -0.39 is 0 Å². The molecule has 2 N–H and O–H groups in total. The molecule has 1 saturated heterocycles. The van der Waals surface area contributed by atoms with Gasteiger partial charge in [-0.2, -0.15) is 5.10 Å². The van der Waals surface area contributed by atoms with Gasteiger partial charge in [0.1, 0.15) is 17.2 Å². The number of hydrogen-bond acceptors (Lipinski definition) is 6. The number of aromatic nitrogens is 2. The standard InChI is InChI=1S/C27H32ClN5O4/c1-17-25(30-18(2)34)27(33(31-17)22-8-6-21(28)7-9-22)32-13-11-19(12-14-32)26(35)29-16-20-5-10-23(36-3)15-24(20)37-4/h5-10,15,19H,11-14,16H2,1-4H3,(H,29,35)(H,30,34). The smallest absolute Gasteiger partial charge is 0.223 e. The number of nitrogens with one attached hydrogen (secondary N) is 2. The highest BCUT2D eigenvalue weighted by Crippen LogP contribution is 2.35. The van der Waals surface area contributed by atoms with E-state index in [4.69, 9.17) is 26.2 Å². The highest BCUT2D eigenvalue weighted by molar-refractivity contribution is 6.30. The fourth-order valence-electron chi connectivity index (χ4n) is 4.57. The molecule has 0 aliphatic carbocycles. The maximum absolute atomic E-state index is 13.0. The summed E-state index contributed by atoms with van der Waals surface area (Å²) in [7, 11) is 3.20. The first-order valence-corrected chi connectivity index (χ1v) is 12.5. The van der Waals surface area contributed by atoms with Crippen molar-refractivity contribution in [2.45, 2.75) is 33.2 Å². The minimum atomic E-state index is -0.164. The van der Waals surface area contributed by atoms with E-state index in [1.165, 1.54) is 6.92 Å². The Hall–Kier alpha value is -3.72. The van der Waals surface area contributed by atoms with Gasteiger partial charge in [0.2, 0.25) is 11.8 Å². The Labute approximate surface area is 221 Å². The molecule has 2 heterocycles. The molecule has 4 rings (SSSR count). The van der Waals surface area contributed by atoms with Crippen LogP contribution in [0.15, 0.2) is 42.5 Å². The number of carbonyl (C=O) groups excluding carboxylic acids is 2. The predicted molar refractivity (Wildman–Crippen MR) is 144 cm³/mol. The first-order valence-electron chi connectivity index (χ1n) is 12.2. The van der Waals surface area contributed by atoms with Gasteiger partial charge in [-0.25, -0.2) is 4.68 Å². The fourth-order valence-corrected chi connectivity index (χ4v) is 4.70. The van der Waals surface area contributed by atoms with Gasteiger partial charge >= 0.3 is 0 Å². The van der Waals surface area contributed by atoms with Crippen LogP contribution in [0.3, 0.4) is 0 Å². The molecule has 0 saturated carbocycles. The third-order valence-electron chi connectivity index (χ3n) is 6.52. The maximum Gasteiger partial charge on any atom is 0.223 e. The molecule has 0 spiro atoms. The molecule has 10 heteroatoms. The Morgan fingerprint density at radius 3 is 2.41 bits per heavy atom. The second-order valence-corrected chi connectivity index (χ2v) is 9.45. The summed E-state index contributed by atoms with van der Waals surface area (Å²) in [6, 6.07) is 12.9. The van der Waals surface area contributed by atoms with Crippen molar-refractivity contribution in [3.8, 4) is 17.2 Å². The van der Waals surface area contributed by atoms with Gasteiger partial charge in [-0.3, -0.25) is 9.59 Å². The second kappa shape index (κ2) is 11.6. The van der Waals surface area contributed by atoms with Gasteiger partial charge in [-0.1, -0.05) is 11.6 Å². The number of hydrogen-bond donors (Lipinski definition) is 2. The van der Waals surface area contributed by atoms with Gasteiger partial charge in [0, 0.05) is 49.1 Å². The topological polar surface area (TPSA) is 97.7 Å². The summed E-state index contributed by atoms with van der Waals surface area (Å²) in [6.07, 6.45) is 1.35. The van der Waals surface area contributed by atoms with E-state index in [1.807, 2.05) is 48.0 Å². The molecule has 1 aliphatic rings. The van der Waals surface area contributed by atoms with Crippen molar-refractivity contribution in [2.24, 2.45) is 5.92 Å². The molecule has 0 radical (unpaired) electrons. The van der Waals surface area contributed by atoms with Gasteiger partial charge in [0.25, 0.3) is 0 Å². The Morgan fingerprint density at radius 1 is 1.08 bits per heavy atom. The number of halogens is 1. The van der Waals surface area contributed by atoms with Crippen LogP contribution >= 0.6 is 11.6 Å². The summed E-state index contributed by atoms with van der Waals surface area (Å²) in [6.45, 7) is 5.03. The molecule has 3 aromatic rings. The second-order valence-electron chi connectivity index (χ2n) is 9.01. The number of ether oxygens (including phenoxy) is 2. The molecule has 2 aromatic carbocycles. The number of carbonyl (C=O) groups is 2. The maximum atomic E-state index is 13.0. The molecular formula is C27H32ClN5O4. The van der Waals surface area contributed by atoms with Gasteiger partial charge in [-0.15, -0.1) is 0 Å². The molecule has 0 bridgehead atoms. The van der Waals surface area contributed by atoms with Crippen molar-refractivity contribution >= 4 is 34.9 Å². The summed E-state index contributed by atoms with van der Waals surface area (Å²) in [5.74, 6) is 1.91. The highest BCUT2D eigenvalue weighted by atomic mass is 35.5. The molecule has 2 amide bonds. The Balaban J connectivity index is 1.46. The Morgan fingerprint density at radius 2 is 1.78 bits per heavy atom. The number of rotatable bonds is 8. The van der Waals surface area contributed by atoms with Crippen LogP contribution in [-0.2, 0) is 16.1 Å². The van der Waals surface area contributed by atoms with Gasteiger partial charge in [0.05, 0.1) is 25.6 Å². The Bertz CT molecular complexity index is 1270. The zero-order valence-corrected chi connectivity index (χ0v) is 22.3. The number of amides is 2. The number of anilines is 2. The van der Waals surface area contributed by atoms with E-state index in [1.54, 1.807) is 20.3 Å². The van der Waals surface area contributed by atoms with E-state index >= 15 is 0 Å². The van der Waals surface area contributed by atoms with E-state index in [0.29, 0.717) is 60.4 Å². The van der Waals surface area contributed by atoms with Crippen LogP contribution in [0.2, 0.25) is 5.02 Å². The van der Waals surface area contributed by atoms with Crippen molar-refractivity contribution in [3.05, 3.63) is 58.7 Å². The summed E-state index contributed by atoms with van der Waals surface area (Å²) < 4.78 is 12.5. The quantitative estimate of drug-likeness (QED) is 0.454. The van der Waals surface area contributed by atoms with E-state index in [9.17, 15) is 9.59 Å². The predicted octanol–water partition coefficient (Wildman–Crippen LogP) is 4.34. The average molecular weight is 526 g/mol. The lowest BCUT2D eigenvalue weighted by Crippen LogP contribution is -2.41. The number of benzene rings is 2. The monoisotopic (exact) mass is 525 g/mol. The molecular weight excluding hydrogens is 494 g/mol. The summed E-state index contributed by atoms with van der Waals surface area (Å²) >= 11 is 6.09. The van der Waals surface area contributed by atoms with Crippen LogP contribution in [0.5, 0.6) is 11.5 Å². The SMILES string of the molecule is COc1ccc(CNC(=O)C2CCN(c3c(NC(C)=O)c(C)nn3-c3ccc(Cl)cc3)CC2)c(OC)c1. The van der Waals surface area contributed by atoms with Gasteiger partial charge in [0.15, 0.2) is 5.82 Å². The molecule has 37 heavy (non-hydrogen) atoms. The van der Waals surface area contributed by atoms with Crippen LogP contribution in [0.25, 0.3) is 5.69 Å². The van der Waals surface area contributed by atoms with Crippen molar-refractivity contribution in [3.63, 3.8) is 0 Å². The van der Waals surface area contributed by atoms with Gasteiger partial charge < -0.3 is 25.0 Å². The van der Waals surface area contributed by atoms with E-state index in [2.05, 4.69) is 15.5 Å². The summed E-state index contributed by atoms with van der Waals surface area (Å²) in [5.41, 5.74) is 3.12. The van der Waals surface area contributed by atoms with Crippen molar-refractivity contribution in [2.75, 3.05) is 37.5 Å². The first-order chi connectivity index (χ1) is 17.8. The molecule has 0 unspecified atom stereocenters. The first kappa shape index (κ1) is 26.3. The van der Waals surface area contributed by atoms with E-state index in [-0.39, 0.29) is 17.7 Å².